The van der Waals surface area contributed by atoms with Gasteiger partial charge in [-0.2, -0.15) is 0 Å². The van der Waals surface area contributed by atoms with E-state index in [1.807, 2.05) is 41.9 Å². The van der Waals surface area contributed by atoms with Crippen LogP contribution < -0.4 is 5.32 Å². The maximum Gasteiger partial charge on any atom is 0.193 e. The zero-order chi connectivity index (χ0) is 14.5. The van der Waals surface area contributed by atoms with Crippen LogP contribution in [-0.4, -0.2) is 56.5 Å². The van der Waals surface area contributed by atoms with Crippen LogP contribution in [0.2, 0.25) is 0 Å². The standard InChI is InChI=1S/C12H22N4O2S.HI/c1-13-12(14-7-9-19(4,17)18)16(3)10-11-6-5-8-15(11)2;/h5-6,8H,7,9-10H2,1-4H3,(H,13,14);1H. The Morgan fingerprint density at radius 1 is 1.50 bits per heavy atom. The first-order valence-electron chi connectivity index (χ1n) is 6.03. The van der Waals surface area contributed by atoms with E-state index in [1.165, 1.54) is 6.26 Å². The van der Waals surface area contributed by atoms with E-state index < -0.39 is 9.84 Å². The average molecular weight is 414 g/mol. The van der Waals surface area contributed by atoms with Crippen LogP contribution in [0, 0.1) is 0 Å². The van der Waals surface area contributed by atoms with Crippen molar-refractivity contribution in [1.29, 1.82) is 0 Å². The second-order valence-corrected chi connectivity index (χ2v) is 6.83. The molecule has 1 aromatic rings. The van der Waals surface area contributed by atoms with Gasteiger partial charge in [0.2, 0.25) is 0 Å². The lowest BCUT2D eigenvalue weighted by Gasteiger charge is -2.22. The molecule has 1 rings (SSSR count). The number of nitrogens with one attached hydrogen (secondary N) is 1. The first kappa shape index (κ1) is 19.2. The van der Waals surface area contributed by atoms with Crippen molar-refractivity contribution in [2.24, 2.45) is 12.0 Å². The minimum atomic E-state index is -2.95. The zero-order valence-corrected chi connectivity index (χ0v) is 15.5. The van der Waals surface area contributed by atoms with Crippen LogP contribution in [0.1, 0.15) is 5.69 Å². The van der Waals surface area contributed by atoms with Gasteiger partial charge in [-0.25, -0.2) is 8.42 Å². The molecule has 0 saturated carbocycles. The molecule has 0 fully saturated rings. The lowest BCUT2D eigenvalue weighted by Crippen LogP contribution is -2.40. The SMILES string of the molecule is CN=C(NCCS(C)(=O)=O)N(C)Cc1cccn1C.I. The summed E-state index contributed by atoms with van der Waals surface area (Å²) in [6.45, 7) is 1.07. The van der Waals surface area contributed by atoms with Crippen LogP contribution in [0.5, 0.6) is 0 Å². The number of halogens is 1. The number of sulfone groups is 1. The highest BCUT2D eigenvalue weighted by atomic mass is 127. The van der Waals surface area contributed by atoms with E-state index in [0.29, 0.717) is 19.0 Å². The van der Waals surface area contributed by atoms with Crippen LogP contribution in [0.15, 0.2) is 23.3 Å². The molecule has 8 heteroatoms. The minimum Gasteiger partial charge on any atom is -0.355 e. The van der Waals surface area contributed by atoms with E-state index in [-0.39, 0.29) is 29.7 Å². The molecule has 20 heavy (non-hydrogen) atoms. The molecule has 0 atom stereocenters. The molecule has 0 amide bonds. The van der Waals surface area contributed by atoms with Gasteiger partial charge in [0.15, 0.2) is 5.96 Å². The van der Waals surface area contributed by atoms with Crippen molar-refractivity contribution >= 4 is 39.8 Å². The Morgan fingerprint density at radius 2 is 2.15 bits per heavy atom. The summed E-state index contributed by atoms with van der Waals surface area (Å²) in [5.74, 6) is 0.786. The van der Waals surface area contributed by atoms with Crippen molar-refractivity contribution in [1.82, 2.24) is 14.8 Å². The maximum atomic E-state index is 11.1. The molecular formula is C12H23IN4O2S. The van der Waals surface area contributed by atoms with Crippen LogP contribution in [-0.2, 0) is 23.4 Å². The Labute approximate surface area is 138 Å². The van der Waals surface area contributed by atoms with Gasteiger partial charge < -0.3 is 14.8 Å². The Bertz CT molecular complexity index is 539. The van der Waals surface area contributed by atoms with Crippen LogP contribution >= 0.6 is 24.0 Å². The number of nitrogens with zero attached hydrogens (tertiary/aromatic N) is 3. The van der Waals surface area contributed by atoms with E-state index >= 15 is 0 Å². The van der Waals surface area contributed by atoms with Gasteiger partial charge >= 0.3 is 0 Å². The molecular weight excluding hydrogens is 391 g/mol. The first-order valence-corrected chi connectivity index (χ1v) is 8.09. The number of rotatable bonds is 5. The molecule has 0 spiro atoms. The molecule has 6 nitrogen and oxygen atoms in total. The van der Waals surface area contributed by atoms with Gasteiger partial charge in [0.25, 0.3) is 0 Å². The molecule has 0 bridgehead atoms. The van der Waals surface area contributed by atoms with Crippen molar-refractivity contribution in [2.45, 2.75) is 6.54 Å². The van der Waals surface area contributed by atoms with Crippen LogP contribution in [0.3, 0.4) is 0 Å². The number of hydrogen-bond acceptors (Lipinski definition) is 3. The van der Waals surface area contributed by atoms with Gasteiger partial charge in [-0.3, -0.25) is 4.99 Å². The smallest absolute Gasteiger partial charge is 0.193 e. The second-order valence-electron chi connectivity index (χ2n) is 4.57. The number of aliphatic imine (C=N–C) groups is 1. The molecule has 0 aromatic carbocycles. The fraction of sp³-hybridized carbons (Fsp3) is 0.583. The zero-order valence-electron chi connectivity index (χ0n) is 12.3. The van der Waals surface area contributed by atoms with E-state index in [9.17, 15) is 8.42 Å². The highest BCUT2D eigenvalue weighted by molar-refractivity contribution is 14.0. The predicted molar refractivity (Wildman–Crippen MR) is 93.4 cm³/mol. The molecule has 0 unspecified atom stereocenters. The number of aryl methyl sites for hydroxylation is 1. The van der Waals surface area contributed by atoms with Crippen molar-refractivity contribution in [3.63, 3.8) is 0 Å². The van der Waals surface area contributed by atoms with Gasteiger partial charge in [0.05, 0.1) is 12.3 Å². The molecule has 1 aromatic heterocycles. The van der Waals surface area contributed by atoms with Crippen LogP contribution in [0.4, 0.5) is 0 Å². The summed E-state index contributed by atoms with van der Waals surface area (Å²) in [6.07, 6.45) is 3.22. The fourth-order valence-electron chi connectivity index (χ4n) is 1.71. The topological polar surface area (TPSA) is 66.7 Å². The van der Waals surface area contributed by atoms with E-state index in [0.717, 1.165) is 5.69 Å². The van der Waals surface area contributed by atoms with Gasteiger partial charge in [-0.1, -0.05) is 0 Å². The average Bonchev–Trinajstić information content (AvgIpc) is 2.69. The predicted octanol–water partition coefficient (Wildman–Crippen LogP) is 0.695. The third-order valence-corrected chi connectivity index (χ3v) is 3.73. The normalized spacial score (nSPS) is 11.9. The molecule has 116 valence electrons. The summed E-state index contributed by atoms with van der Waals surface area (Å²) < 4.78 is 24.2. The molecule has 0 radical (unpaired) electrons. The monoisotopic (exact) mass is 414 g/mol. The molecule has 0 aliphatic heterocycles. The van der Waals surface area contributed by atoms with Gasteiger partial charge in [-0.05, 0) is 12.1 Å². The highest BCUT2D eigenvalue weighted by Gasteiger charge is 2.09. The summed E-state index contributed by atoms with van der Waals surface area (Å²) >= 11 is 0. The van der Waals surface area contributed by atoms with E-state index in [2.05, 4.69) is 10.3 Å². The summed E-state index contributed by atoms with van der Waals surface area (Å²) in [6, 6.07) is 4.03. The summed E-state index contributed by atoms with van der Waals surface area (Å²) in [7, 11) is 2.64. The summed E-state index contributed by atoms with van der Waals surface area (Å²) in [5, 5.41) is 3.05. The first-order chi connectivity index (χ1) is 8.83. The molecule has 1 N–H and O–H groups in total. The molecule has 0 aliphatic carbocycles. The van der Waals surface area contributed by atoms with Gasteiger partial charge in [-0.15, -0.1) is 24.0 Å². The Morgan fingerprint density at radius 3 is 2.60 bits per heavy atom. The Balaban J connectivity index is 0.00000361. The van der Waals surface area contributed by atoms with E-state index in [4.69, 9.17) is 0 Å². The summed E-state index contributed by atoms with van der Waals surface area (Å²) in [5.41, 5.74) is 1.16. The fourth-order valence-corrected chi connectivity index (χ4v) is 2.18. The van der Waals surface area contributed by atoms with Gasteiger partial charge in [0, 0.05) is 45.8 Å². The lowest BCUT2D eigenvalue weighted by atomic mass is 10.4. The lowest BCUT2D eigenvalue weighted by molar-refractivity contribution is 0.463. The van der Waals surface area contributed by atoms with Crippen LogP contribution in [0.25, 0.3) is 0 Å². The number of hydrogen-bond donors (Lipinski definition) is 1. The largest absolute Gasteiger partial charge is 0.355 e. The Hall–Kier alpha value is -0.770. The quantitative estimate of drug-likeness (QED) is 0.438. The van der Waals surface area contributed by atoms with Crippen molar-refractivity contribution < 1.29 is 8.42 Å². The number of guanidine groups is 1. The van der Waals surface area contributed by atoms with Crippen molar-refractivity contribution in [2.75, 3.05) is 32.6 Å². The van der Waals surface area contributed by atoms with Crippen molar-refractivity contribution in [3.05, 3.63) is 24.0 Å². The highest BCUT2D eigenvalue weighted by Crippen LogP contribution is 2.03. The van der Waals surface area contributed by atoms with Crippen molar-refractivity contribution in [3.8, 4) is 0 Å². The molecule has 0 saturated heterocycles. The number of aromatic nitrogens is 1. The molecule has 1 heterocycles. The summed E-state index contributed by atoms with van der Waals surface area (Å²) in [4.78, 5) is 6.10. The molecule has 0 aliphatic rings. The third kappa shape index (κ3) is 6.60. The second kappa shape index (κ2) is 8.50. The third-order valence-electron chi connectivity index (χ3n) is 2.78. The maximum absolute atomic E-state index is 11.1. The van der Waals surface area contributed by atoms with Gasteiger partial charge in [0.1, 0.15) is 9.84 Å². The van der Waals surface area contributed by atoms with E-state index in [1.54, 1.807) is 7.05 Å². The minimum absolute atomic E-state index is 0. The Kier molecular flexibility index (Phi) is 8.17.